The van der Waals surface area contributed by atoms with E-state index in [-0.39, 0.29) is 11.7 Å². The molecule has 2 aromatic rings. The van der Waals surface area contributed by atoms with Crippen molar-refractivity contribution in [1.82, 2.24) is 5.32 Å². The fourth-order valence-corrected chi connectivity index (χ4v) is 3.06. The molecule has 4 nitrogen and oxygen atoms in total. The maximum atomic E-state index is 12.7. The highest BCUT2D eigenvalue weighted by Gasteiger charge is 2.20. The average Bonchev–Trinajstić information content (AvgIpc) is 3.08. The quantitative estimate of drug-likeness (QED) is 0.868. The number of thioether (sulfide) groups is 1. The summed E-state index contributed by atoms with van der Waals surface area (Å²) in [6.45, 7) is 0.700. The normalized spacial score (nSPS) is 13.5. The van der Waals surface area contributed by atoms with Crippen LogP contribution in [0.25, 0.3) is 0 Å². The van der Waals surface area contributed by atoms with Gasteiger partial charge in [0.05, 0.1) is 12.1 Å². The highest BCUT2D eigenvalue weighted by atomic mass is 35.5. The molecule has 0 spiro atoms. The molecule has 3 rings (SSSR count). The molecule has 0 atom stereocenters. The van der Waals surface area contributed by atoms with Gasteiger partial charge in [-0.1, -0.05) is 41.6 Å². The van der Waals surface area contributed by atoms with Crippen LogP contribution in [0.2, 0.25) is 5.02 Å². The van der Waals surface area contributed by atoms with Gasteiger partial charge in [-0.15, -0.1) is 0 Å². The van der Waals surface area contributed by atoms with Crippen LogP contribution in [0.4, 0.5) is 0 Å². The number of hydrogen-bond donors (Lipinski definition) is 1. The number of benzene rings is 2. The van der Waals surface area contributed by atoms with Crippen molar-refractivity contribution in [2.45, 2.75) is 0 Å². The van der Waals surface area contributed by atoms with Crippen LogP contribution < -0.4 is 5.32 Å². The Balaban J connectivity index is 1.89. The second-order valence-corrected chi connectivity index (χ2v) is 6.39. The second-order valence-electron chi connectivity index (χ2n) is 4.87. The summed E-state index contributed by atoms with van der Waals surface area (Å²) in [6, 6.07) is 13.4. The third-order valence-electron chi connectivity index (χ3n) is 3.33. The predicted molar refractivity (Wildman–Crippen MR) is 93.6 cm³/mol. The van der Waals surface area contributed by atoms with Gasteiger partial charge < -0.3 is 5.32 Å². The van der Waals surface area contributed by atoms with Gasteiger partial charge in [-0.25, -0.2) is 0 Å². The van der Waals surface area contributed by atoms with E-state index in [0.717, 1.165) is 5.75 Å². The summed E-state index contributed by atoms with van der Waals surface area (Å²) >= 11 is 7.34. The molecule has 0 saturated carbocycles. The molecular weight excluding hydrogens is 332 g/mol. The third-order valence-corrected chi connectivity index (χ3v) is 4.47. The van der Waals surface area contributed by atoms with Crippen molar-refractivity contribution in [3.05, 3.63) is 70.2 Å². The zero-order valence-electron chi connectivity index (χ0n) is 12.1. The first kappa shape index (κ1) is 15.8. The van der Waals surface area contributed by atoms with E-state index in [0.29, 0.717) is 33.4 Å². The second kappa shape index (κ2) is 6.98. The zero-order chi connectivity index (χ0) is 16.2. The first-order valence-electron chi connectivity index (χ1n) is 7.03. The predicted octanol–water partition coefficient (Wildman–Crippen LogP) is 3.40. The van der Waals surface area contributed by atoms with Crippen LogP contribution >= 0.6 is 23.4 Å². The van der Waals surface area contributed by atoms with Gasteiger partial charge in [-0.3, -0.25) is 14.6 Å². The molecule has 0 radical (unpaired) electrons. The van der Waals surface area contributed by atoms with Gasteiger partial charge in [0.25, 0.3) is 5.91 Å². The lowest BCUT2D eigenvalue weighted by Gasteiger charge is -2.09. The van der Waals surface area contributed by atoms with E-state index in [9.17, 15) is 9.59 Å². The molecule has 0 saturated heterocycles. The molecular formula is C17H13ClN2O2S. The van der Waals surface area contributed by atoms with Crippen molar-refractivity contribution in [2.24, 2.45) is 4.99 Å². The van der Waals surface area contributed by atoms with Gasteiger partial charge in [0, 0.05) is 21.9 Å². The summed E-state index contributed by atoms with van der Waals surface area (Å²) in [4.78, 5) is 29.3. The maximum absolute atomic E-state index is 12.7. The first-order chi connectivity index (χ1) is 11.1. The minimum Gasteiger partial charge on any atom is -0.301 e. The SMILES string of the molecule is O=C(NC1=NCCS1)c1ccccc1C(=O)c1ccc(Cl)cc1. The molecule has 0 bridgehead atoms. The van der Waals surface area contributed by atoms with Crippen LogP contribution in [0.5, 0.6) is 0 Å². The van der Waals surface area contributed by atoms with E-state index in [1.165, 1.54) is 11.8 Å². The number of nitrogens with zero attached hydrogens (tertiary/aromatic N) is 1. The minimum absolute atomic E-state index is 0.214. The summed E-state index contributed by atoms with van der Waals surface area (Å²) in [5.41, 5.74) is 1.18. The zero-order valence-corrected chi connectivity index (χ0v) is 13.7. The monoisotopic (exact) mass is 344 g/mol. The number of aliphatic imine (C=N–C) groups is 1. The lowest BCUT2D eigenvalue weighted by molar-refractivity contribution is 0.0963. The smallest absolute Gasteiger partial charge is 0.257 e. The summed E-state index contributed by atoms with van der Waals surface area (Å²) in [5.74, 6) is 0.325. The lowest BCUT2D eigenvalue weighted by atomic mass is 9.98. The van der Waals surface area contributed by atoms with Crippen molar-refractivity contribution in [1.29, 1.82) is 0 Å². The topological polar surface area (TPSA) is 58.5 Å². The highest BCUT2D eigenvalue weighted by Crippen LogP contribution is 2.18. The highest BCUT2D eigenvalue weighted by molar-refractivity contribution is 8.14. The molecule has 0 aliphatic carbocycles. The summed E-state index contributed by atoms with van der Waals surface area (Å²) in [7, 11) is 0. The lowest BCUT2D eigenvalue weighted by Crippen LogP contribution is -2.29. The molecule has 6 heteroatoms. The largest absolute Gasteiger partial charge is 0.301 e. The van der Waals surface area contributed by atoms with Crippen molar-refractivity contribution < 1.29 is 9.59 Å². The summed E-state index contributed by atoms with van der Waals surface area (Å²) in [5, 5.41) is 3.91. The number of carbonyl (C=O) groups excluding carboxylic acids is 2. The van der Waals surface area contributed by atoms with Crippen molar-refractivity contribution in [2.75, 3.05) is 12.3 Å². The summed E-state index contributed by atoms with van der Waals surface area (Å²) in [6.07, 6.45) is 0. The number of nitrogens with one attached hydrogen (secondary N) is 1. The van der Waals surface area contributed by atoms with E-state index in [1.807, 2.05) is 0 Å². The van der Waals surface area contributed by atoms with Crippen molar-refractivity contribution >= 4 is 40.2 Å². The van der Waals surface area contributed by atoms with Crippen molar-refractivity contribution in [3.63, 3.8) is 0 Å². The van der Waals surface area contributed by atoms with Gasteiger partial charge in [0.1, 0.15) is 0 Å². The van der Waals surface area contributed by atoms with Crippen LogP contribution in [0.15, 0.2) is 53.5 Å². The minimum atomic E-state index is -0.323. The average molecular weight is 345 g/mol. The van der Waals surface area contributed by atoms with Crippen LogP contribution in [-0.4, -0.2) is 29.2 Å². The van der Waals surface area contributed by atoms with Gasteiger partial charge >= 0.3 is 0 Å². The van der Waals surface area contributed by atoms with E-state index in [1.54, 1.807) is 48.5 Å². The number of amidine groups is 1. The Bertz CT molecular complexity index is 787. The van der Waals surface area contributed by atoms with Crippen LogP contribution in [0.3, 0.4) is 0 Å². The molecule has 1 amide bonds. The van der Waals surface area contributed by atoms with Gasteiger partial charge in [-0.2, -0.15) is 0 Å². The fraction of sp³-hybridized carbons (Fsp3) is 0.118. The molecule has 0 aromatic heterocycles. The molecule has 2 aromatic carbocycles. The molecule has 1 heterocycles. The van der Waals surface area contributed by atoms with E-state index in [4.69, 9.17) is 11.6 Å². The molecule has 0 fully saturated rings. The molecule has 1 aliphatic heterocycles. The summed E-state index contributed by atoms with van der Waals surface area (Å²) < 4.78 is 0. The number of hydrogen-bond acceptors (Lipinski definition) is 4. The molecule has 0 unspecified atom stereocenters. The van der Waals surface area contributed by atoms with Gasteiger partial charge in [0.2, 0.25) is 0 Å². The van der Waals surface area contributed by atoms with Gasteiger partial charge in [-0.05, 0) is 30.3 Å². The fourth-order valence-electron chi connectivity index (χ4n) is 2.21. The van der Waals surface area contributed by atoms with Crippen molar-refractivity contribution in [3.8, 4) is 0 Å². The van der Waals surface area contributed by atoms with E-state index >= 15 is 0 Å². The maximum Gasteiger partial charge on any atom is 0.257 e. The molecule has 116 valence electrons. The number of carbonyl (C=O) groups is 2. The Morgan fingerprint density at radius 3 is 2.39 bits per heavy atom. The number of amides is 1. The Kier molecular flexibility index (Phi) is 4.79. The van der Waals surface area contributed by atoms with Gasteiger partial charge in [0.15, 0.2) is 11.0 Å². The Morgan fingerprint density at radius 2 is 1.74 bits per heavy atom. The van der Waals surface area contributed by atoms with E-state index < -0.39 is 0 Å². The standard InChI is InChI=1S/C17H13ClN2O2S/c18-12-7-5-11(6-8-12)15(21)13-3-1-2-4-14(13)16(22)20-17-19-9-10-23-17/h1-8H,9-10H2,(H,19,20,22). The van der Waals surface area contributed by atoms with Crippen LogP contribution in [0.1, 0.15) is 26.3 Å². The number of ketones is 1. The Labute approximate surface area is 143 Å². The Morgan fingerprint density at radius 1 is 1.04 bits per heavy atom. The van der Waals surface area contributed by atoms with E-state index in [2.05, 4.69) is 10.3 Å². The molecule has 1 aliphatic rings. The third kappa shape index (κ3) is 3.63. The number of halogens is 1. The molecule has 23 heavy (non-hydrogen) atoms. The number of rotatable bonds is 3. The first-order valence-corrected chi connectivity index (χ1v) is 8.39. The Hall–Kier alpha value is -2.11. The van der Waals surface area contributed by atoms with Crippen LogP contribution in [-0.2, 0) is 0 Å². The van der Waals surface area contributed by atoms with Crippen LogP contribution in [0, 0.1) is 0 Å². The molecule has 1 N–H and O–H groups in total.